The van der Waals surface area contributed by atoms with Crippen LogP contribution in [-0.2, 0) is 14.3 Å². The van der Waals surface area contributed by atoms with E-state index in [1.54, 1.807) is 6.92 Å². The molecule has 0 rings (SSSR count). The van der Waals surface area contributed by atoms with Crippen molar-refractivity contribution in [3.8, 4) is 0 Å². The predicted molar refractivity (Wildman–Crippen MR) is 65.5 cm³/mol. The number of aliphatic hydroxyl groups excluding tert-OH is 1. The molecule has 0 fully saturated rings. The molecule has 110 valence electrons. The largest absolute Gasteiger partial charge is 0.480 e. The van der Waals surface area contributed by atoms with Crippen molar-refractivity contribution in [2.45, 2.75) is 19.4 Å². The number of nitrogens with one attached hydrogen (secondary N) is 1. The number of esters is 1. The van der Waals surface area contributed by atoms with E-state index in [1.807, 2.05) is 0 Å². The molecule has 3 N–H and O–H groups in total. The highest BCUT2D eigenvalue weighted by Crippen LogP contribution is 2.02. The van der Waals surface area contributed by atoms with Gasteiger partial charge in [-0.2, -0.15) is 0 Å². The van der Waals surface area contributed by atoms with Gasteiger partial charge in [0.1, 0.15) is 6.04 Å². The quantitative estimate of drug-likeness (QED) is 0.528. The zero-order valence-corrected chi connectivity index (χ0v) is 11.3. The Morgan fingerprint density at radius 2 is 1.95 bits per heavy atom. The molecular formula is C11H20N2O6. The molecule has 0 bridgehead atoms. The van der Waals surface area contributed by atoms with Crippen molar-refractivity contribution in [3.05, 3.63) is 0 Å². The van der Waals surface area contributed by atoms with Crippen molar-refractivity contribution >= 4 is 18.0 Å². The van der Waals surface area contributed by atoms with E-state index in [1.165, 1.54) is 19.1 Å². The Labute approximate surface area is 111 Å². The first-order valence-corrected chi connectivity index (χ1v) is 5.76. The molecule has 0 aromatic carbocycles. The van der Waals surface area contributed by atoms with Crippen LogP contribution < -0.4 is 5.32 Å². The second-order valence-corrected chi connectivity index (χ2v) is 4.16. The molecule has 0 radical (unpaired) electrons. The van der Waals surface area contributed by atoms with Gasteiger partial charge in [0.05, 0.1) is 13.0 Å². The minimum Gasteiger partial charge on any atom is -0.480 e. The number of hydrogen-bond acceptors (Lipinski definition) is 5. The van der Waals surface area contributed by atoms with Gasteiger partial charge < -0.3 is 25.2 Å². The Morgan fingerprint density at radius 3 is 2.37 bits per heavy atom. The molecule has 0 aromatic heterocycles. The van der Waals surface area contributed by atoms with Gasteiger partial charge in [-0.25, -0.2) is 9.59 Å². The third kappa shape index (κ3) is 6.05. The normalized spacial score (nSPS) is 13.3. The van der Waals surface area contributed by atoms with Crippen LogP contribution in [0.25, 0.3) is 0 Å². The molecular weight excluding hydrogens is 256 g/mol. The highest BCUT2D eigenvalue weighted by atomic mass is 16.5. The minimum atomic E-state index is -1.23. The van der Waals surface area contributed by atoms with E-state index in [9.17, 15) is 14.4 Å². The van der Waals surface area contributed by atoms with E-state index in [-0.39, 0.29) is 19.6 Å². The van der Waals surface area contributed by atoms with Crippen molar-refractivity contribution in [1.29, 1.82) is 0 Å². The van der Waals surface area contributed by atoms with E-state index in [0.717, 1.165) is 0 Å². The number of carbonyl (C=O) groups is 3. The number of carbonyl (C=O) groups excluding carboxylic acids is 2. The molecule has 0 aromatic rings. The lowest BCUT2D eigenvalue weighted by Crippen LogP contribution is -2.48. The van der Waals surface area contributed by atoms with Crippen LogP contribution in [0.5, 0.6) is 0 Å². The van der Waals surface area contributed by atoms with Crippen LogP contribution in [0.2, 0.25) is 0 Å². The molecule has 8 nitrogen and oxygen atoms in total. The molecule has 0 saturated carbocycles. The van der Waals surface area contributed by atoms with Gasteiger partial charge in [0.25, 0.3) is 0 Å². The van der Waals surface area contributed by atoms with Crippen molar-refractivity contribution in [1.82, 2.24) is 10.2 Å². The van der Waals surface area contributed by atoms with Gasteiger partial charge in [-0.3, -0.25) is 4.79 Å². The van der Waals surface area contributed by atoms with Crippen LogP contribution in [0.15, 0.2) is 0 Å². The number of nitrogens with zero attached hydrogens (tertiary/aromatic N) is 1. The number of carboxylic acids is 1. The molecule has 19 heavy (non-hydrogen) atoms. The number of rotatable bonds is 7. The number of urea groups is 1. The highest BCUT2D eigenvalue weighted by molar-refractivity contribution is 5.82. The lowest BCUT2D eigenvalue weighted by Gasteiger charge is -2.23. The first-order valence-electron chi connectivity index (χ1n) is 5.76. The predicted octanol–water partition coefficient (Wildman–Crippen LogP) is -0.727. The van der Waals surface area contributed by atoms with Gasteiger partial charge in [-0.1, -0.05) is 6.92 Å². The fourth-order valence-electron chi connectivity index (χ4n) is 1.42. The van der Waals surface area contributed by atoms with Crippen LogP contribution in [-0.4, -0.2) is 66.4 Å². The summed E-state index contributed by atoms with van der Waals surface area (Å²) in [4.78, 5) is 34.9. The van der Waals surface area contributed by atoms with E-state index in [2.05, 4.69) is 10.1 Å². The SMILES string of the molecule is COC(=O)C(C)CN(C)C(=O)NC(CCO)C(=O)O. The van der Waals surface area contributed by atoms with Crippen molar-refractivity contribution in [2.75, 3.05) is 27.3 Å². The molecule has 8 heteroatoms. The zero-order chi connectivity index (χ0) is 15.0. The monoisotopic (exact) mass is 276 g/mol. The molecule has 0 aliphatic rings. The second kappa shape index (κ2) is 8.30. The maximum Gasteiger partial charge on any atom is 0.326 e. The number of hydrogen-bond donors (Lipinski definition) is 3. The minimum absolute atomic E-state index is 0.0819. The van der Waals surface area contributed by atoms with E-state index in [0.29, 0.717) is 0 Å². The van der Waals surface area contributed by atoms with Crippen molar-refractivity contribution in [2.24, 2.45) is 5.92 Å². The Hall–Kier alpha value is -1.83. The van der Waals surface area contributed by atoms with Crippen molar-refractivity contribution < 1.29 is 29.3 Å². The zero-order valence-electron chi connectivity index (χ0n) is 11.3. The Kier molecular flexibility index (Phi) is 7.50. The Balaban J connectivity index is 4.40. The number of ether oxygens (including phenoxy) is 1. The summed E-state index contributed by atoms with van der Waals surface area (Å²) >= 11 is 0. The average Bonchev–Trinajstić information content (AvgIpc) is 2.36. The van der Waals surface area contributed by atoms with E-state index < -0.39 is 29.9 Å². The Bertz CT molecular complexity index is 333. The molecule has 2 amide bonds. The number of methoxy groups -OCH3 is 1. The molecule has 2 atom stereocenters. The molecule has 0 spiro atoms. The van der Waals surface area contributed by atoms with Crippen LogP contribution in [0.4, 0.5) is 4.79 Å². The van der Waals surface area contributed by atoms with Gasteiger partial charge in [-0.15, -0.1) is 0 Å². The summed E-state index contributed by atoms with van der Waals surface area (Å²) in [6.45, 7) is 1.35. The fourth-order valence-corrected chi connectivity index (χ4v) is 1.42. The summed E-state index contributed by atoms with van der Waals surface area (Å²) < 4.78 is 4.53. The highest BCUT2D eigenvalue weighted by Gasteiger charge is 2.23. The van der Waals surface area contributed by atoms with Crippen LogP contribution in [0, 0.1) is 5.92 Å². The topological polar surface area (TPSA) is 116 Å². The van der Waals surface area contributed by atoms with Crippen LogP contribution in [0.1, 0.15) is 13.3 Å². The Morgan fingerprint density at radius 1 is 1.37 bits per heavy atom. The van der Waals surface area contributed by atoms with Gasteiger partial charge in [0.15, 0.2) is 0 Å². The van der Waals surface area contributed by atoms with Gasteiger partial charge in [0, 0.05) is 26.6 Å². The standard InChI is InChI=1S/C11H20N2O6/c1-7(10(17)19-3)6-13(2)11(18)12-8(4-5-14)9(15)16/h7-8,14H,4-6H2,1-3H3,(H,12,18)(H,15,16). The number of amides is 2. The number of carboxylic acid groups (broad SMARTS) is 1. The summed E-state index contributed by atoms with van der Waals surface area (Å²) in [6, 6.07) is -1.79. The third-order valence-electron chi connectivity index (χ3n) is 2.51. The summed E-state index contributed by atoms with van der Waals surface area (Å²) in [7, 11) is 2.69. The maximum absolute atomic E-state index is 11.7. The fraction of sp³-hybridized carbons (Fsp3) is 0.727. The number of aliphatic carboxylic acids is 1. The van der Waals surface area contributed by atoms with Crippen molar-refractivity contribution in [3.63, 3.8) is 0 Å². The lowest BCUT2D eigenvalue weighted by molar-refractivity contribution is -0.145. The van der Waals surface area contributed by atoms with Gasteiger partial charge in [0.2, 0.25) is 0 Å². The molecule has 0 heterocycles. The summed E-state index contributed by atoms with van der Waals surface area (Å²) in [5.74, 6) is -2.19. The molecule has 0 saturated heterocycles. The van der Waals surface area contributed by atoms with Gasteiger partial charge in [-0.05, 0) is 0 Å². The summed E-state index contributed by atoms with van der Waals surface area (Å²) in [6.07, 6.45) is -0.0819. The summed E-state index contributed by atoms with van der Waals surface area (Å²) in [5, 5.41) is 19.8. The average molecular weight is 276 g/mol. The summed E-state index contributed by atoms with van der Waals surface area (Å²) in [5.41, 5.74) is 0. The lowest BCUT2D eigenvalue weighted by atomic mass is 10.2. The third-order valence-corrected chi connectivity index (χ3v) is 2.51. The number of aliphatic hydroxyl groups is 1. The smallest absolute Gasteiger partial charge is 0.326 e. The molecule has 2 unspecified atom stereocenters. The van der Waals surface area contributed by atoms with Gasteiger partial charge >= 0.3 is 18.0 Å². The van der Waals surface area contributed by atoms with E-state index >= 15 is 0 Å². The first kappa shape index (κ1) is 17.2. The second-order valence-electron chi connectivity index (χ2n) is 4.16. The maximum atomic E-state index is 11.7. The molecule has 0 aliphatic heterocycles. The van der Waals surface area contributed by atoms with E-state index in [4.69, 9.17) is 10.2 Å². The van der Waals surface area contributed by atoms with Crippen LogP contribution >= 0.6 is 0 Å². The van der Waals surface area contributed by atoms with Crippen LogP contribution in [0.3, 0.4) is 0 Å². The molecule has 0 aliphatic carbocycles. The first-order chi connectivity index (χ1) is 8.83.